The highest BCUT2D eigenvalue weighted by molar-refractivity contribution is 9.10. The van der Waals surface area contributed by atoms with Gasteiger partial charge in [-0.15, -0.1) is 0 Å². The SMILES string of the molecule is O=C(c1ccccc1S(=O)(=O)NCC(O)COc1ccc(Br)cc1)N1CCCCC1. The normalized spacial score (nSPS) is 15.6. The summed E-state index contributed by atoms with van der Waals surface area (Å²) in [7, 11) is -3.98. The lowest BCUT2D eigenvalue weighted by Gasteiger charge is -2.27. The number of hydrogen-bond acceptors (Lipinski definition) is 5. The van der Waals surface area contributed by atoms with Crippen molar-refractivity contribution in [3.63, 3.8) is 0 Å². The van der Waals surface area contributed by atoms with Crippen molar-refractivity contribution in [1.29, 1.82) is 0 Å². The summed E-state index contributed by atoms with van der Waals surface area (Å²) in [5, 5.41) is 10.1. The Hall–Kier alpha value is -1.94. The second-order valence-electron chi connectivity index (χ2n) is 7.12. The minimum absolute atomic E-state index is 0.0709. The number of hydrogen-bond donors (Lipinski definition) is 2. The summed E-state index contributed by atoms with van der Waals surface area (Å²) < 4.78 is 34.4. The fourth-order valence-electron chi connectivity index (χ4n) is 3.21. The van der Waals surface area contributed by atoms with Crippen LogP contribution in [0.4, 0.5) is 0 Å². The lowest BCUT2D eigenvalue weighted by molar-refractivity contribution is 0.0720. The van der Waals surface area contributed by atoms with E-state index in [4.69, 9.17) is 4.74 Å². The van der Waals surface area contributed by atoms with Gasteiger partial charge in [0.25, 0.3) is 5.91 Å². The number of benzene rings is 2. The van der Waals surface area contributed by atoms with E-state index in [0.29, 0.717) is 18.8 Å². The average molecular weight is 497 g/mol. The van der Waals surface area contributed by atoms with Crippen molar-refractivity contribution in [2.45, 2.75) is 30.3 Å². The molecule has 7 nitrogen and oxygen atoms in total. The van der Waals surface area contributed by atoms with Crippen molar-refractivity contribution in [3.8, 4) is 5.75 Å². The molecule has 1 fully saturated rings. The number of rotatable bonds is 8. The number of halogens is 1. The van der Waals surface area contributed by atoms with E-state index in [-0.39, 0.29) is 29.5 Å². The highest BCUT2D eigenvalue weighted by atomic mass is 79.9. The molecule has 2 aromatic rings. The van der Waals surface area contributed by atoms with Crippen LogP contribution >= 0.6 is 15.9 Å². The van der Waals surface area contributed by atoms with Gasteiger partial charge in [0.15, 0.2) is 0 Å². The van der Waals surface area contributed by atoms with Crippen LogP contribution in [0.5, 0.6) is 5.75 Å². The quantitative estimate of drug-likeness (QED) is 0.585. The first-order valence-corrected chi connectivity index (χ1v) is 12.1. The van der Waals surface area contributed by atoms with Gasteiger partial charge < -0.3 is 14.7 Å². The number of carbonyl (C=O) groups is 1. The summed E-state index contributed by atoms with van der Waals surface area (Å²) in [5.74, 6) is 0.285. The van der Waals surface area contributed by atoms with Gasteiger partial charge in [0, 0.05) is 24.1 Å². The first-order chi connectivity index (χ1) is 14.4. The first kappa shape index (κ1) is 22.7. The Bertz CT molecular complexity index is 960. The Labute approximate surface area is 185 Å². The summed E-state index contributed by atoms with van der Waals surface area (Å²) in [6.45, 7) is 0.961. The molecule has 1 heterocycles. The standard InChI is InChI=1S/C21H25BrN2O5S/c22-16-8-10-18(11-9-16)29-15-17(25)14-23-30(27,28)20-7-3-2-6-19(20)21(26)24-12-4-1-5-13-24/h2-3,6-11,17,23,25H,1,4-5,12-15H2. The summed E-state index contributed by atoms with van der Waals surface area (Å²) in [6.07, 6.45) is 1.87. The topological polar surface area (TPSA) is 95.9 Å². The molecule has 0 aromatic heterocycles. The molecule has 0 aliphatic carbocycles. The van der Waals surface area contributed by atoms with Crippen LogP contribution in [0.3, 0.4) is 0 Å². The Balaban J connectivity index is 1.62. The van der Waals surface area contributed by atoms with Gasteiger partial charge in [-0.25, -0.2) is 13.1 Å². The molecule has 0 saturated carbocycles. The number of carbonyl (C=O) groups excluding carboxylic acids is 1. The van der Waals surface area contributed by atoms with Gasteiger partial charge in [-0.2, -0.15) is 0 Å². The van der Waals surface area contributed by atoms with E-state index >= 15 is 0 Å². The maximum atomic E-state index is 12.8. The van der Waals surface area contributed by atoms with Gasteiger partial charge in [-0.05, 0) is 55.7 Å². The molecule has 0 spiro atoms. The first-order valence-electron chi connectivity index (χ1n) is 9.81. The van der Waals surface area contributed by atoms with Crippen molar-refractivity contribution in [2.24, 2.45) is 0 Å². The van der Waals surface area contributed by atoms with Gasteiger partial charge >= 0.3 is 0 Å². The lowest BCUT2D eigenvalue weighted by atomic mass is 10.1. The van der Waals surface area contributed by atoms with Gasteiger partial charge in [0.1, 0.15) is 18.5 Å². The maximum absolute atomic E-state index is 12.8. The predicted octanol–water partition coefficient (Wildman–Crippen LogP) is 2.79. The number of aliphatic hydroxyl groups excluding tert-OH is 1. The second-order valence-corrected chi connectivity index (χ2v) is 9.77. The van der Waals surface area contributed by atoms with E-state index in [1.165, 1.54) is 12.1 Å². The fourth-order valence-corrected chi connectivity index (χ4v) is 4.75. The van der Waals surface area contributed by atoms with Crippen LogP contribution in [0.15, 0.2) is 57.9 Å². The molecule has 3 rings (SSSR count). The van der Waals surface area contributed by atoms with E-state index in [0.717, 1.165) is 23.7 Å². The van der Waals surface area contributed by atoms with Crippen molar-refractivity contribution < 1.29 is 23.1 Å². The van der Waals surface area contributed by atoms with E-state index in [2.05, 4.69) is 20.7 Å². The van der Waals surface area contributed by atoms with E-state index in [1.54, 1.807) is 41.3 Å². The molecule has 9 heteroatoms. The third-order valence-electron chi connectivity index (χ3n) is 4.82. The second kappa shape index (κ2) is 10.4. The van der Waals surface area contributed by atoms with E-state index in [9.17, 15) is 18.3 Å². The van der Waals surface area contributed by atoms with Crippen LogP contribution in [0.2, 0.25) is 0 Å². The fraction of sp³-hybridized carbons (Fsp3) is 0.381. The van der Waals surface area contributed by atoms with Gasteiger partial charge in [0.2, 0.25) is 10.0 Å². The van der Waals surface area contributed by atoms with Gasteiger partial charge in [0.05, 0.1) is 10.5 Å². The van der Waals surface area contributed by atoms with E-state index in [1.807, 2.05) is 0 Å². The molecule has 30 heavy (non-hydrogen) atoms. The molecule has 0 bridgehead atoms. The molecular weight excluding hydrogens is 472 g/mol. The molecule has 0 radical (unpaired) electrons. The Morgan fingerprint density at radius 3 is 2.47 bits per heavy atom. The minimum atomic E-state index is -3.98. The number of nitrogens with one attached hydrogen (secondary N) is 1. The van der Waals surface area contributed by atoms with Gasteiger partial charge in [-0.1, -0.05) is 28.1 Å². The molecule has 1 amide bonds. The van der Waals surface area contributed by atoms with Gasteiger partial charge in [-0.3, -0.25) is 4.79 Å². The Kier molecular flexibility index (Phi) is 7.87. The number of nitrogens with zero attached hydrogens (tertiary/aromatic N) is 1. The summed E-state index contributed by atoms with van der Waals surface area (Å²) in [5.41, 5.74) is 0.146. The van der Waals surface area contributed by atoms with Crippen LogP contribution in [-0.4, -0.2) is 56.7 Å². The number of likely N-dealkylation sites (tertiary alicyclic amines) is 1. The molecule has 1 aliphatic rings. The van der Waals surface area contributed by atoms with Crippen LogP contribution < -0.4 is 9.46 Å². The van der Waals surface area contributed by atoms with Crippen LogP contribution in [0.25, 0.3) is 0 Å². The van der Waals surface area contributed by atoms with Crippen molar-refractivity contribution in [1.82, 2.24) is 9.62 Å². The average Bonchev–Trinajstić information content (AvgIpc) is 2.77. The third kappa shape index (κ3) is 6.04. The number of aliphatic hydroxyl groups is 1. The largest absolute Gasteiger partial charge is 0.491 e. The van der Waals surface area contributed by atoms with Crippen LogP contribution in [-0.2, 0) is 10.0 Å². The van der Waals surface area contributed by atoms with Crippen LogP contribution in [0.1, 0.15) is 29.6 Å². The Morgan fingerprint density at radius 2 is 1.77 bits per heavy atom. The molecule has 1 aliphatic heterocycles. The predicted molar refractivity (Wildman–Crippen MR) is 117 cm³/mol. The molecule has 1 atom stereocenters. The zero-order chi connectivity index (χ0) is 21.6. The molecule has 162 valence electrons. The third-order valence-corrected chi connectivity index (χ3v) is 6.83. The monoisotopic (exact) mass is 496 g/mol. The number of sulfonamides is 1. The maximum Gasteiger partial charge on any atom is 0.255 e. The number of piperidine rings is 1. The molecular formula is C21H25BrN2O5S. The van der Waals surface area contributed by atoms with Crippen LogP contribution in [0, 0.1) is 0 Å². The van der Waals surface area contributed by atoms with E-state index < -0.39 is 16.1 Å². The summed E-state index contributed by atoms with van der Waals surface area (Å²) in [6, 6.07) is 13.3. The molecule has 2 N–H and O–H groups in total. The number of amides is 1. The zero-order valence-electron chi connectivity index (χ0n) is 16.5. The van der Waals surface area contributed by atoms with Crippen molar-refractivity contribution in [3.05, 3.63) is 58.6 Å². The highest BCUT2D eigenvalue weighted by Crippen LogP contribution is 2.20. The molecule has 1 saturated heterocycles. The highest BCUT2D eigenvalue weighted by Gasteiger charge is 2.26. The molecule has 1 unspecified atom stereocenters. The zero-order valence-corrected chi connectivity index (χ0v) is 18.9. The lowest BCUT2D eigenvalue weighted by Crippen LogP contribution is -2.38. The van der Waals surface area contributed by atoms with Crippen molar-refractivity contribution in [2.75, 3.05) is 26.2 Å². The Morgan fingerprint density at radius 1 is 1.10 bits per heavy atom. The van der Waals surface area contributed by atoms with Crippen molar-refractivity contribution >= 4 is 31.9 Å². The smallest absolute Gasteiger partial charge is 0.255 e. The summed E-state index contributed by atoms with van der Waals surface area (Å²) in [4.78, 5) is 14.5. The molecule has 2 aromatic carbocycles. The number of ether oxygens (including phenoxy) is 1. The summed E-state index contributed by atoms with van der Waals surface area (Å²) >= 11 is 3.33. The minimum Gasteiger partial charge on any atom is -0.491 e.